The number of aliphatic hydroxyl groups excluding tert-OH is 2. The number of amides is 1. The predicted octanol–water partition coefficient (Wildman–Crippen LogP) is 19.2. The maximum absolute atomic E-state index is 12.5. The maximum atomic E-state index is 12.5. The van der Waals surface area contributed by atoms with E-state index < -0.39 is 12.1 Å². The first-order valence-corrected chi connectivity index (χ1v) is 30.9. The fourth-order valence-corrected chi connectivity index (χ4v) is 9.81. The average molecular weight is 961 g/mol. The zero-order chi connectivity index (χ0) is 49.3. The van der Waals surface area contributed by atoms with Gasteiger partial charge in [0.05, 0.1) is 25.4 Å². The largest absolute Gasteiger partial charge is 0.466 e. The Kier molecular flexibility index (Phi) is 57.0. The van der Waals surface area contributed by atoms with E-state index in [4.69, 9.17) is 4.74 Å². The molecule has 0 bridgehead atoms. The van der Waals surface area contributed by atoms with Gasteiger partial charge in [-0.3, -0.25) is 9.59 Å². The zero-order valence-corrected chi connectivity index (χ0v) is 46.1. The van der Waals surface area contributed by atoms with Crippen molar-refractivity contribution in [2.24, 2.45) is 0 Å². The number of hydrogen-bond acceptors (Lipinski definition) is 5. The van der Waals surface area contributed by atoms with Gasteiger partial charge in [0, 0.05) is 12.8 Å². The maximum Gasteiger partial charge on any atom is 0.305 e. The van der Waals surface area contributed by atoms with E-state index in [9.17, 15) is 19.8 Å². The lowest BCUT2D eigenvalue weighted by molar-refractivity contribution is -0.143. The van der Waals surface area contributed by atoms with Crippen molar-refractivity contribution in [1.29, 1.82) is 0 Å². The van der Waals surface area contributed by atoms with Gasteiger partial charge >= 0.3 is 5.97 Å². The molecule has 2 unspecified atom stereocenters. The van der Waals surface area contributed by atoms with Crippen LogP contribution >= 0.6 is 0 Å². The second kappa shape index (κ2) is 58.2. The topological polar surface area (TPSA) is 95.9 Å². The Labute approximate surface area is 425 Å². The summed E-state index contributed by atoms with van der Waals surface area (Å²) in [5.41, 5.74) is 0. The molecule has 0 aromatic carbocycles. The van der Waals surface area contributed by atoms with Gasteiger partial charge in [0.15, 0.2) is 0 Å². The van der Waals surface area contributed by atoms with Crippen molar-refractivity contribution in [2.75, 3.05) is 13.2 Å². The number of ether oxygens (including phenoxy) is 1. The van der Waals surface area contributed by atoms with E-state index in [2.05, 4.69) is 31.3 Å². The number of allylic oxidation sites excluding steroid dienone is 2. The van der Waals surface area contributed by atoms with E-state index in [0.29, 0.717) is 25.9 Å². The molecular formula is C62H121NO5. The summed E-state index contributed by atoms with van der Waals surface area (Å²) < 4.78 is 5.47. The molecule has 0 saturated heterocycles. The number of carbonyl (C=O) groups excluding carboxylic acids is 2. The van der Waals surface area contributed by atoms with Gasteiger partial charge in [-0.1, -0.05) is 296 Å². The van der Waals surface area contributed by atoms with E-state index in [1.54, 1.807) is 0 Å². The third kappa shape index (κ3) is 53.9. The SMILES string of the molecule is CCCCCCCCCCCCCCCCCCCCCCCCC(O)C(CO)NC(=O)CCCCCCCCC/C=C\CCCCCCOC(=O)CCCCCCCCCCCCCCCC. The number of rotatable bonds is 58. The first-order valence-electron chi connectivity index (χ1n) is 30.9. The molecule has 0 aliphatic carbocycles. The molecule has 0 aliphatic rings. The summed E-state index contributed by atoms with van der Waals surface area (Å²) in [6, 6.07) is -0.553. The van der Waals surface area contributed by atoms with Gasteiger partial charge in [-0.25, -0.2) is 0 Å². The zero-order valence-electron chi connectivity index (χ0n) is 46.1. The highest BCUT2D eigenvalue weighted by Gasteiger charge is 2.20. The van der Waals surface area contributed by atoms with Gasteiger partial charge in [-0.2, -0.15) is 0 Å². The molecule has 0 aromatic rings. The molecule has 1 amide bonds. The Morgan fingerprint density at radius 2 is 0.691 bits per heavy atom. The molecule has 6 nitrogen and oxygen atoms in total. The smallest absolute Gasteiger partial charge is 0.305 e. The minimum Gasteiger partial charge on any atom is -0.466 e. The number of esters is 1. The van der Waals surface area contributed by atoms with Crippen LogP contribution in [0.5, 0.6) is 0 Å². The van der Waals surface area contributed by atoms with Crippen LogP contribution in [-0.2, 0) is 14.3 Å². The lowest BCUT2D eigenvalue weighted by Gasteiger charge is -2.22. The monoisotopic (exact) mass is 960 g/mol. The lowest BCUT2D eigenvalue weighted by Crippen LogP contribution is -2.45. The van der Waals surface area contributed by atoms with Crippen LogP contribution in [0.2, 0.25) is 0 Å². The molecule has 2 atom stereocenters. The number of unbranched alkanes of at least 4 members (excludes halogenated alkanes) is 45. The molecule has 0 aliphatic heterocycles. The molecule has 0 spiro atoms. The third-order valence-electron chi connectivity index (χ3n) is 14.6. The Morgan fingerprint density at radius 1 is 0.397 bits per heavy atom. The summed E-state index contributed by atoms with van der Waals surface area (Å²) in [6.07, 6.45) is 69.3. The fraction of sp³-hybridized carbons (Fsp3) is 0.935. The van der Waals surface area contributed by atoms with Gasteiger partial charge in [-0.05, 0) is 51.4 Å². The van der Waals surface area contributed by atoms with Crippen LogP contribution in [0.1, 0.15) is 348 Å². The standard InChI is InChI=1S/C62H121NO5/c1-3-5-7-9-11-13-15-17-19-20-21-22-23-24-25-27-30-34-38-42-46-50-54-60(65)59(58-64)63-61(66)55-51-47-43-39-35-31-28-26-29-33-37-41-45-49-53-57-68-62(67)56-52-48-44-40-36-32-18-16-14-12-10-8-6-4-2/h29,33,59-60,64-65H,3-28,30-32,34-58H2,1-2H3,(H,63,66)/b33-29-. The minimum atomic E-state index is -0.674. The van der Waals surface area contributed by atoms with Crippen molar-refractivity contribution in [3.63, 3.8) is 0 Å². The van der Waals surface area contributed by atoms with Crippen LogP contribution in [0.15, 0.2) is 12.2 Å². The highest BCUT2D eigenvalue weighted by atomic mass is 16.5. The first-order chi connectivity index (χ1) is 33.5. The van der Waals surface area contributed by atoms with E-state index >= 15 is 0 Å². The molecule has 404 valence electrons. The average Bonchev–Trinajstić information content (AvgIpc) is 3.34. The highest BCUT2D eigenvalue weighted by molar-refractivity contribution is 5.76. The van der Waals surface area contributed by atoms with Gasteiger partial charge < -0.3 is 20.3 Å². The number of aliphatic hydroxyl groups is 2. The molecule has 0 saturated carbocycles. The quantitative estimate of drug-likeness (QED) is 0.0321. The number of carbonyl (C=O) groups is 2. The molecular weight excluding hydrogens is 839 g/mol. The van der Waals surface area contributed by atoms with Gasteiger partial charge in [-0.15, -0.1) is 0 Å². The third-order valence-corrected chi connectivity index (χ3v) is 14.6. The van der Waals surface area contributed by atoms with E-state index in [-0.39, 0.29) is 18.5 Å². The van der Waals surface area contributed by atoms with Gasteiger partial charge in [0.1, 0.15) is 0 Å². The van der Waals surface area contributed by atoms with Gasteiger partial charge in [0.2, 0.25) is 5.91 Å². The molecule has 68 heavy (non-hydrogen) atoms. The molecule has 0 rings (SSSR count). The Hall–Kier alpha value is -1.40. The normalized spacial score (nSPS) is 12.6. The van der Waals surface area contributed by atoms with Crippen LogP contribution in [-0.4, -0.2) is 47.4 Å². The fourth-order valence-electron chi connectivity index (χ4n) is 9.81. The van der Waals surface area contributed by atoms with Crippen LogP contribution in [0.3, 0.4) is 0 Å². The van der Waals surface area contributed by atoms with Crippen LogP contribution in [0.25, 0.3) is 0 Å². The van der Waals surface area contributed by atoms with Crippen molar-refractivity contribution in [3.05, 3.63) is 12.2 Å². The van der Waals surface area contributed by atoms with Crippen molar-refractivity contribution in [1.82, 2.24) is 5.32 Å². The van der Waals surface area contributed by atoms with E-state index in [1.165, 1.54) is 244 Å². The summed E-state index contributed by atoms with van der Waals surface area (Å²) in [6.45, 7) is 4.95. The second-order valence-corrected chi connectivity index (χ2v) is 21.4. The first kappa shape index (κ1) is 66.6. The Morgan fingerprint density at radius 3 is 1.04 bits per heavy atom. The summed E-state index contributed by atoms with van der Waals surface area (Å²) in [5, 5.41) is 23.4. The van der Waals surface area contributed by atoms with Crippen molar-refractivity contribution >= 4 is 11.9 Å². The molecule has 0 radical (unpaired) electrons. The second-order valence-electron chi connectivity index (χ2n) is 21.4. The molecule has 3 N–H and O–H groups in total. The Balaban J connectivity index is 3.45. The van der Waals surface area contributed by atoms with E-state index in [0.717, 1.165) is 70.6 Å². The van der Waals surface area contributed by atoms with Crippen molar-refractivity contribution in [3.8, 4) is 0 Å². The minimum absolute atomic E-state index is 0.00670. The number of hydrogen-bond donors (Lipinski definition) is 3. The van der Waals surface area contributed by atoms with E-state index in [1.807, 2.05) is 0 Å². The molecule has 0 fully saturated rings. The Bertz CT molecular complexity index is 1020. The van der Waals surface area contributed by atoms with Crippen LogP contribution < -0.4 is 5.32 Å². The van der Waals surface area contributed by atoms with Crippen LogP contribution in [0, 0.1) is 0 Å². The van der Waals surface area contributed by atoms with Crippen molar-refractivity contribution in [2.45, 2.75) is 360 Å². The lowest BCUT2D eigenvalue weighted by atomic mass is 10.0. The summed E-state index contributed by atoms with van der Waals surface area (Å²) >= 11 is 0. The summed E-state index contributed by atoms with van der Waals surface area (Å²) in [7, 11) is 0. The van der Waals surface area contributed by atoms with Gasteiger partial charge in [0.25, 0.3) is 0 Å². The van der Waals surface area contributed by atoms with Crippen LogP contribution in [0.4, 0.5) is 0 Å². The van der Waals surface area contributed by atoms with Crippen molar-refractivity contribution < 1.29 is 24.5 Å². The molecule has 0 aromatic heterocycles. The summed E-state index contributed by atoms with van der Waals surface area (Å²) in [5.74, 6) is -0.0528. The number of nitrogens with one attached hydrogen (secondary N) is 1. The highest BCUT2D eigenvalue weighted by Crippen LogP contribution is 2.18. The molecule has 0 heterocycles. The molecule has 6 heteroatoms. The predicted molar refractivity (Wildman–Crippen MR) is 297 cm³/mol. The summed E-state index contributed by atoms with van der Waals surface area (Å²) in [4.78, 5) is 24.6.